The number of carboxylic acid groups (broad SMARTS) is 1. The number of ketones is 1. The molecule has 0 amide bonds. The number of anilines is 1. The Labute approximate surface area is 183 Å². The second-order valence-electron chi connectivity index (χ2n) is 8.27. The Balaban J connectivity index is 1.57. The zero-order valence-corrected chi connectivity index (χ0v) is 17.5. The summed E-state index contributed by atoms with van der Waals surface area (Å²) in [7, 11) is 0. The minimum absolute atomic E-state index is 0.144. The molecule has 1 aromatic carbocycles. The number of carboxylic acids is 1. The van der Waals surface area contributed by atoms with Gasteiger partial charge >= 0.3 is 5.97 Å². The van der Waals surface area contributed by atoms with Crippen LogP contribution in [0.5, 0.6) is 0 Å². The molecule has 3 heterocycles. The van der Waals surface area contributed by atoms with E-state index < -0.39 is 18.0 Å². The van der Waals surface area contributed by atoms with Crippen molar-refractivity contribution in [3.8, 4) is 0 Å². The third-order valence-corrected chi connectivity index (χ3v) is 6.54. The van der Waals surface area contributed by atoms with Crippen LogP contribution in [0.2, 0.25) is 5.02 Å². The summed E-state index contributed by atoms with van der Waals surface area (Å²) in [6, 6.07) is 11.1. The molecule has 1 aliphatic carbocycles. The zero-order valence-electron chi connectivity index (χ0n) is 16.7. The van der Waals surface area contributed by atoms with Crippen LogP contribution in [0.15, 0.2) is 42.6 Å². The summed E-state index contributed by atoms with van der Waals surface area (Å²) in [5.41, 5.74) is 2.19. The summed E-state index contributed by atoms with van der Waals surface area (Å²) in [5.74, 6) is -0.851. The number of pyridine rings is 1. The highest BCUT2D eigenvalue weighted by atomic mass is 35.5. The smallest absolute Gasteiger partial charge is 0.309 e. The van der Waals surface area contributed by atoms with Crippen LogP contribution < -0.4 is 4.90 Å². The number of nitrogens with zero attached hydrogens (tertiary/aromatic N) is 3. The Morgan fingerprint density at radius 1 is 1.10 bits per heavy atom. The van der Waals surface area contributed by atoms with Gasteiger partial charge in [0.05, 0.1) is 22.6 Å². The van der Waals surface area contributed by atoms with Gasteiger partial charge in [-0.2, -0.15) is 0 Å². The molecule has 2 fully saturated rings. The number of rotatable bonds is 5. The summed E-state index contributed by atoms with van der Waals surface area (Å²) >= 11 is 6.46. The van der Waals surface area contributed by atoms with E-state index in [-0.39, 0.29) is 18.2 Å². The van der Waals surface area contributed by atoms with Crippen LogP contribution in [0.25, 0.3) is 5.52 Å². The molecule has 0 radical (unpaired) electrons. The van der Waals surface area contributed by atoms with Crippen molar-refractivity contribution in [1.82, 2.24) is 9.38 Å². The van der Waals surface area contributed by atoms with E-state index in [4.69, 9.17) is 11.6 Å². The number of aliphatic hydroxyl groups is 1. The van der Waals surface area contributed by atoms with Crippen molar-refractivity contribution in [1.29, 1.82) is 0 Å². The first-order valence-corrected chi connectivity index (χ1v) is 10.8. The Hall–Kier alpha value is -2.90. The SMILES string of the molecule is O=C(c1c(Cl)cccc1C1CC1)c1nc(N2CC[C@@H](C(=O)O)[C@@H](O)C2)c2ccccn12. The molecule has 0 spiro atoms. The fourth-order valence-corrected chi connectivity index (χ4v) is 4.72. The number of imidazole rings is 1. The number of hydrogen-bond donors (Lipinski definition) is 2. The van der Waals surface area contributed by atoms with Gasteiger partial charge < -0.3 is 15.1 Å². The number of aliphatic hydroxyl groups excluding tert-OH is 1. The van der Waals surface area contributed by atoms with E-state index in [1.54, 1.807) is 16.7 Å². The number of benzene rings is 1. The van der Waals surface area contributed by atoms with Crippen molar-refractivity contribution < 1.29 is 19.8 Å². The maximum absolute atomic E-state index is 13.6. The molecule has 160 valence electrons. The Morgan fingerprint density at radius 3 is 2.61 bits per heavy atom. The van der Waals surface area contributed by atoms with E-state index in [2.05, 4.69) is 4.98 Å². The minimum atomic E-state index is -1.00. The maximum Gasteiger partial charge on any atom is 0.309 e. The Bertz CT molecular complexity index is 1190. The van der Waals surface area contributed by atoms with Gasteiger partial charge in [0.15, 0.2) is 11.6 Å². The highest BCUT2D eigenvalue weighted by Crippen LogP contribution is 2.43. The Kier molecular flexibility index (Phi) is 4.95. The quantitative estimate of drug-likeness (QED) is 0.592. The van der Waals surface area contributed by atoms with Crippen molar-refractivity contribution in [3.63, 3.8) is 0 Å². The molecular formula is C23H22ClN3O4. The van der Waals surface area contributed by atoms with Gasteiger partial charge in [0.25, 0.3) is 0 Å². The first-order chi connectivity index (χ1) is 15.0. The number of piperidine rings is 1. The van der Waals surface area contributed by atoms with Crippen LogP contribution in [0, 0.1) is 5.92 Å². The van der Waals surface area contributed by atoms with E-state index in [1.165, 1.54) is 0 Å². The number of β-amino-alcohol motifs (C(OH)–C–C–N with tert-alkyl or cyclic N) is 1. The average Bonchev–Trinajstić information content (AvgIpc) is 3.53. The molecule has 31 heavy (non-hydrogen) atoms. The van der Waals surface area contributed by atoms with Gasteiger partial charge in [-0.25, -0.2) is 4.98 Å². The number of carbonyl (C=O) groups excluding carboxylic acids is 1. The fourth-order valence-electron chi connectivity index (χ4n) is 4.45. The van der Waals surface area contributed by atoms with E-state index in [1.807, 2.05) is 35.2 Å². The molecule has 5 rings (SSSR count). The average molecular weight is 440 g/mol. The normalized spacial score (nSPS) is 21.4. The predicted octanol–water partition coefficient (Wildman–Crippen LogP) is 3.37. The molecule has 2 N–H and O–H groups in total. The van der Waals surface area contributed by atoms with Gasteiger partial charge in [0, 0.05) is 24.8 Å². The van der Waals surface area contributed by atoms with Gasteiger partial charge in [0.2, 0.25) is 5.78 Å². The van der Waals surface area contributed by atoms with Crippen LogP contribution >= 0.6 is 11.6 Å². The van der Waals surface area contributed by atoms with Crippen LogP contribution in [-0.4, -0.2) is 50.5 Å². The molecule has 0 unspecified atom stereocenters. The second-order valence-corrected chi connectivity index (χ2v) is 8.68. The number of hydrogen-bond acceptors (Lipinski definition) is 5. The van der Waals surface area contributed by atoms with E-state index in [0.29, 0.717) is 35.3 Å². The predicted molar refractivity (Wildman–Crippen MR) is 116 cm³/mol. The van der Waals surface area contributed by atoms with Crippen molar-refractivity contribution in [3.05, 3.63) is 64.6 Å². The Morgan fingerprint density at radius 2 is 1.90 bits per heavy atom. The van der Waals surface area contributed by atoms with Gasteiger partial charge in [0.1, 0.15) is 0 Å². The molecule has 1 saturated carbocycles. The first kappa shape index (κ1) is 20.0. The van der Waals surface area contributed by atoms with Gasteiger partial charge in [-0.05, 0) is 48.9 Å². The topological polar surface area (TPSA) is 95.1 Å². The first-order valence-electron chi connectivity index (χ1n) is 10.4. The number of aliphatic carboxylic acids is 1. The summed E-state index contributed by atoms with van der Waals surface area (Å²) in [6.07, 6.45) is 3.18. The van der Waals surface area contributed by atoms with E-state index in [0.717, 1.165) is 23.9 Å². The molecule has 2 aliphatic rings. The van der Waals surface area contributed by atoms with Crippen LogP contribution in [-0.2, 0) is 4.79 Å². The lowest BCUT2D eigenvalue weighted by Gasteiger charge is -2.34. The van der Waals surface area contributed by atoms with Crippen molar-refractivity contribution in [2.24, 2.45) is 5.92 Å². The van der Waals surface area contributed by atoms with Crippen LogP contribution in [0.3, 0.4) is 0 Å². The maximum atomic E-state index is 13.6. The molecule has 7 nitrogen and oxygen atoms in total. The monoisotopic (exact) mass is 439 g/mol. The fraction of sp³-hybridized carbons (Fsp3) is 0.348. The highest BCUT2D eigenvalue weighted by molar-refractivity contribution is 6.35. The van der Waals surface area contributed by atoms with E-state index in [9.17, 15) is 19.8 Å². The number of fused-ring (bicyclic) bond motifs is 1. The lowest BCUT2D eigenvalue weighted by atomic mass is 9.94. The minimum Gasteiger partial charge on any atom is -0.481 e. The second kappa shape index (κ2) is 7.66. The number of carbonyl (C=O) groups is 2. The lowest BCUT2D eigenvalue weighted by Crippen LogP contribution is -2.46. The van der Waals surface area contributed by atoms with Crippen molar-refractivity contribution in [2.75, 3.05) is 18.0 Å². The highest BCUT2D eigenvalue weighted by Gasteiger charge is 2.36. The van der Waals surface area contributed by atoms with Crippen LogP contribution in [0.1, 0.15) is 46.9 Å². The summed E-state index contributed by atoms with van der Waals surface area (Å²) < 4.78 is 1.74. The summed E-state index contributed by atoms with van der Waals surface area (Å²) in [4.78, 5) is 31.5. The van der Waals surface area contributed by atoms with Crippen LogP contribution in [0.4, 0.5) is 5.82 Å². The van der Waals surface area contributed by atoms with Gasteiger partial charge in [-0.3, -0.25) is 14.0 Å². The molecule has 1 saturated heterocycles. The largest absolute Gasteiger partial charge is 0.481 e. The number of halogens is 1. The van der Waals surface area contributed by atoms with Crippen molar-refractivity contribution in [2.45, 2.75) is 31.3 Å². The molecule has 1 aliphatic heterocycles. The molecule has 2 aromatic heterocycles. The summed E-state index contributed by atoms with van der Waals surface area (Å²) in [6.45, 7) is 0.578. The molecule has 0 bridgehead atoms. The molecule has 2 atom stereocenters. The standard InChI is InChI=1S/C23H22ClN3O4/c24-16-5-3-4-14(13-7-8-13)19(16)20(29)22-25-21(17-6-1-2-10-27(17)22)26-11-9-15(23(30)31)18(28)12-26/h1-6,10,13,15,18,28H,7-9,11-12H2,(H,30,31)/t15-,18+/m1/s1. The third kappa shape index (κ3) is 3.47. The molecular weight excluding hydrogens is 418 g/mol. The lowest BCUT2D eigenvalue weighted by molar-refractivity contribution is -0.146. The summed E-state index contributed by atoms with van der Waals surface area (Å²) in [5, 5.41) is 20.0. The molecule has 8 heteroatoms. The van der Waals surface area contributed by atoms with E-state index >= 15 is 0 Å². The van der Waals surface area contributed by atoms with Crippen molar-refractivity contribution >= 4 is 34.7 Å². The molecule has 3 aromatic rings. The number of aromatic nitrogens is 2. The zero-order chi connectivity index (χ0) is 21.7. The third-order valence-electron chi connectivity index (χ3n) is 6.22. The van der Waals surface area contributed by atoms with Gasteiger partial charge in [-0.1, -0.05) is 29.8 Å². The van der Waals surface area contributed by atoms with Gasteiger partial charge in [-0.15, -0.1) is 0 Å².